The number of ether oxygens (including phenoxy) is 2. The third-order valence-electron chi connectivity index (χ3n) is 2.36. The fraction of sp³-hybridized carbons (Fsp3) is 0.167. The summed E-state index contributed by atoms with van der Waals surface area (Å²) < 4.78 is 11.4. The van der Waals surface area contributed by atoms with Crippen molar-refractivity contribution in [3.8, 4) is 22.6 Å². The van der Waals surface area contributed by atoms with Crippen molar-refractivity contribution < 1.29 is 9.47 Å². The second kappa shape index (κ2) is 5.14. The molecule has 1 heterocycles. The molecule has 1 aromatic heterocycles. The van der Waals surface area contributed by atoms with Crippen molar-refractivity contribution in [2.75, 3.05) is 14.2 Å². The maximum Gasteiger partial charge on any atom is 0.130 e. The quantitative estimate of drug-likeness (QED) is 0.817. The van der Waals surface area contributed by atoms with Crippen molar-refractivity contribution in [2.45, 2.75) is 0 Å². The highest BCUT2D eigenvalue weighted by molar-refractivity contribution is 9.10. The Morgan fingerprint density at radius 2 is 1.76 bits per heavy atom. The van der Waals surface area contributed by atoms with Gasteiger partial charge in [0.05, 0.1) is 19.8 Å². The molecule has 0 spiro atoms. The molecule has 1 aromatic carbocycles. The van der Waals surface area contributed by atoms with Crippen molar-refractivity contribution in [1.29, 1.82) is 0 Å². The van der Waals surface area contributed by atoms with E-state index < -0.39 is 0 Å². The summed E-state index contributed by atoms with van der Waals surface area (Å²) in [7, 11) is 3.24. The Kier molecular flexibility index (Phi) is 3.58. The van der Waals surface area contributed by atoms with E-state index in [1.807, 2.05) is 18.2 Å². The maximum atomic E-state index is 5.34. The minimum atomic E-state index is 0.704. The lowest BCUT2D eigenvalue weighted by molar-refractivity contribution is 0.397. The molecule has 4 nitrogen and oxygen atoms in total. The average molecular weight is 295 g/mol. The lowest BCUT2D eigenvalue weighted by Crippen LogP contribution is -1.94. The maximum absolute atomic E-state index is 5.34. The minimum absolute atomic E-state index is 0.704. The summed E-state index contributed by atoms with van der Waals surface area (Å²) in [5.74, 6) is 1.44. The fourth-order valence-electron chi connectivity index (χ4n) is 1.60. The van der Waals surface area contributed by atoms with Crippen LogP contribution in [0.5, 0.6) is 11.5 Å². The van der Waals surface area contributed by atoms with Gasteiger partial charge in [0.15, 0.2) is 0 Å². The summed E-state index contributed by atoms with van der Waals surface area (Å²) >= 11 is 3.40. The molecule has 0 radical (unpaired) electrons. The monoisotopic (exact) mass is 294 g/mol. The van der Waals surface area contributed by atoms with Crippen molar-refractivity contribution in [2.24, 2.45) is 0 Å². The molecule has 2 rings (SSSR count). The third kappa shape index (κ3) is 2.24. The van der Waals surface area contributed by atoms with Crippen molar-refractivity contribution >= 4 is 15.9 Å². The van der Waals surface area contributed by atoms with Crippen LogP contribution in [0.2, 0.25) is 0 Å². The number of nitrogens with zero attached hydrogens (tertiary/aromatic N) is 2. The topological polar surface area (TPSA) is 44.2 Å². The van der Waals surface area contributed by atoms with Gasteiger partial charge in [0, 0.05) is 11.8 Å². The van der Waals surface area contributed by atoms with Gasteiger partial charge in [-0.3, -0.25) is 0 Å². The van der Waals surface area contributed by atoms with Crippen LogP contribution >= 0.6 is 15.9 Å². The molecule has 0 aliphatic carbocycles. The molecule has 0 aliphatic heterocycles. The Balaban J connectivity index is 2.69. The Hall–Kier alpha value is -1.62. The van der Waals surface area contributed by atoms with E-state index in [1.165, 1.54) is 6.33 Å². The number of rotatable bonds is 3. The minimum Gasteiger partial charge on any atom is -0.496 e. The van der Waals surface area contributed by atoms with E-state index in [2.05, 4.69) is 25.9 Å². The highest BCUT2D eigenvalue weighted by Crippen LogP contribution is 2.40. The normalized spacial score (nSPS) is 10.1. The first kappa shape index (κ1) is 11.9. The first-order chi connectivity index (χ1) is 8.27. The van der Waals surface area contributed by atoms with Crippen molar-refractivity contribution in [3.63, 3.8) is 0 Å². The number of hydrogen-bond acceptors (Lipinski definition) is 4. The summed E-state index contributed by atoms with van der Waals surface area (Å²) in [4.78, 5) is 8.12. The highest BCUT2D eigenvalue weighted by atomic mass is 79.9. The Morgan fingerprint density at radius 3 is 2.29 bits per heavy atom. The zero-order valence-electron chi connectivity index (χ0n) is 9.48. The zero-order valence-corrected chi connectivity index (χ0v) is 11.1. The summed E-state index contributed by atoms with van der Waals surface area (Å²) in [5, 5.41) is 0. The lowest BCUT2D eigenvalue weighted by atomic mass is 10.1. The van der Waals surface area contributed by atoms with Gasteiger partial charge in [-0.25, -0.2) is 9.97 Å². The highest BCUT2D eigenvalue weighted by Gasteiger charge is 2.15. The van der Waals surface area contributed by atoms with E-state index in [1.54, 1.807) is 20.4 Å². The Labute approximate surface area is 108 Å². The molecule has 0 unspecified atom stereocenters. The number of hydrogen-bond donors (Lipinski definition) is 0. The zero-order chi connectivity index (χ0) is 12.3. The summed E-state index contributed by atoms with van der Waals surface area (Å²) in [5.41, 5.74) is 1.67. The molecular formula is C12H11BrN2O2. The predicted molar refractivity (Wildman–Crippen MR) is 68.3 cm³/mol. The number of halogens is 1. The molecule has 0 fully saturated rings. The van der Waals surface area contributed by atoms with Gasteiger partial charge in [0.25, 0.3) is 0 Å². The molecule has 0 bridgehead atoms. The molecule has 0 saturated heterocycles. The second-order valence-corrected chi connectivity index (χ2v) is 4.02. The van der Waals surface area contributed by atoms with Gasteiger partial charge in [0.1, 0.15) is 22.4 Å². The third-order valence-corrected chi connectivity index (χ3v) is 2.99. The van der Waals surface area contributed by atoms with E-state index in [4.69, 9.17) is 9.47 Å². The molecule has 88 valence electrons. The number of methoxy groups -OCH3 is 2. The molecule has 17 heavy (non-hydrogen) atoms. The van der Waals surface area contributed by atoms with Gasteiger partial charge in [-0.05, 0) is 28.1 Å². The molecule has 0 amide bonds. The fourth-order valence-corrected chi connectivity index (χ4v) is 1.99. The summed E-state index contributed by atoms with van der Waals surface area (Å²) in [6.45, 7) is 0. The van der Waals surface area contributed by atoms with E-state index in [0.29, 0.717) is 4.60 Å². The molecule has 0 saturated carbocycles. The number of aromatic nitrogens is 2. The molecule has 5 heteroatoms. The second-order valence-electron chi connectivity index (χ2n) is 3.26. The van der Waals surface area contributed by atoms with E-state index in [-0.39, 0.29) is 0 Å². The Morgan fingerprint density at radius 1 is 1.12 bits per heavy atom. The van der Waals surface area contributed by atoms with Crippen LogP contribution < -0.4 is 9.47 Å². The standard InChI is InChI=1S/C12H11BrN2O2/c1-16-9-4-3-5-10(17-2)11(9)8-6-14-7-15-12(8)13/h3-7H,1-2H3. The molecule has 2 aromatic rings. The van der Waals surface area contributed by atoms with Gasteiger partial charge in [-0.15, -0.1) is 0 Å². The van der Waals surface area contributed by atoms with Gasteiger partial charge < -0.3 is 9.47 Å². The predicted octanol–water partition coefficient (Wildman–Crippen LogP) is 2.92. The average Bonchev–Trinajstić information content (AvgIpc) is 2.38. The van der Waals surface area contributed by atoms with Crippen LogP contribution in [0.15, 0.2) is 35.3 Å². The first-order valence-corrected chi connectivity index (χ1v) is 5.74. The van der Waals surface area contributed by atoms with Gasteiger partial charge in [-0.2, -0.15) is 0 Å². The van der Waals surface area contributed by atoms with Gasteiger partial charge in [-0.1, -0.05) is 6.07 Å². The van der Waals surface area contributed by atoms with Crippen LogP contribution in [0.1, 0.15) is 0 Å². The Bertz CT molecular complexity index is 509. The van der Waals surface area contributed by atoms with Crippen LogP contribution in [0.25, 0.3) is 11.1 Å². The van der Waals surface area contributed by atoms with Crippen molar-refractivity contribution in [1.82, 2.24) is 9.97 Å². The van der Waals surface area contributed by atoms with Gasteiger partial charge >= 0.3 is 0 Å². The smallest absolute Gasteiger partial charge is 0.130 e. The first-order valence-electron chi connectivity index (χ1n) is 4.94. The molecule has 0 atom stereocenters. The van der Waals surface area contributed by atoms with Crippen molar-refractivity contribution in [3.05, 3.63) is 35.3 Å². The number of benzene rings is 1. The van der Waals surface area contributed by atoms with E-state index >= 15 is 0 Å². The SMILES string of the molecule is COc1cccc(OC)c1-c1cncnc1Br. The van der Waals surface area contributed by atoms with Crippen LogP contribution in [-0.2, 0) is 0 Å². The molecule has 0 aliphatic rings. The van der Waals surface area contributed by atoms with E-state index in [0.717, 1.165) is 22.6 Å². The van der Waals surface area contributed by atoms with Crippen LogP contribution in [0.3, 0.4) is 0 Å². The largest absolute Gasteiger partial charge is 0.496 e. The van der Waals surface area contributed by atoms with Gasteiger partial charge in [0.2, 0.25) is 0 Å². The van der Waals surface area contributed by atoms with Crippen LogP contribution in [0.4, 0.5) is 0 Å². The molecular weight excluding hydrogens is 284 g/mol. The molecule has 0 N–H and O–H groups in total. The summed E-state index contributed by atoms with van der Waals surface area (Å²) in [6, 6.07) is 5.62. The van der Waals surface area contributed by atoms with Crippen LogP contribution in [0, 0.1) is 0 Å². The van der Waals surface area contributed by atoms with Crippen LogP contribution in [-0.4, -0.2) is 24.2 Å². The van der Waals surface area contributed by atoms with E-state index in [9.17, 15) is 0 Å². The summed E-state index contributed by atoms with van der Waals surface area (Å²) in [6.07, 6.45) is 3.20. The lowest BCUT2D eigenvalue weighted by Gasteiger charge is -2.13.